The molecule has 1 unspecified atom stereocenters. The number of amides is 1. The van der Waals surface area contributed by atoms with Gasteiger partial charge in [-0.25, -0.2) is 0 Å². The molecule has 2 aromatic rings. The van der Waals surface area contributed by atoms with E-state index in [-0.39, 0.29) is 11.3 Å². The summed E-state index contributed by atoms with van der Waals surface area (Å²) in [7, 11) is 4.08. The van der Waals surface area contributed by atoms with Crippen molar-refractivity contribution < 1.29 is 9.32 Å². The van der Waals surface area contributed by atoms with E-state index in [1.807, 2.05) is 39.2 Å². The zero-order valence-electron chi connectivity index (χ0n) is 14.6. The molecule has 0 spiro atoms. The average molecular weight is 441 g/mol. The normalized spacial score (nSPS) is 13.8. The first-order valence-electron chi connectivity index (χ1n) is 7.87. The molecule has 5 nitrogen and oxygen atoms in total. The Morgan fingerprint density at radius 1 is 1.33 bits per heavy atom. The molecule has 0 saturated carbocycles. The van der Waals surface area contributed by atoms with Crippen molar-refractivity contribution in [2.24, 2.45) is 0 Å². The molecule has 1 amide bonds. The van der Waals surface area contributed by atoms with Crippen molar-refractivity contribution in [3.63, 3.8) is 0 Å². The van der Waals surface area contributed by atoms with Gasteiger partial charge >= 0.3 is 0 Å². The van der Waals surface area contributed by atoms with Crippen LogP contribution in [0.2, 0.25) is 0 Å². The van der Waals surface area contributed by atoms with E-state index in [1.165, 1.54) is 5.56 Å². The van der Waals surface area contributed by atoms with Crippen LogP contribution in [0.15, 0.2) is 34.9 Å². The maximum absolute atomic E-state index is 12.5. The van der Waals surface area contributed by atoms with Gasteiger partial charge in [-0.1, -0.05) is 65.0 Å². The minimum atomic E-state index is -0.190. The fourth-order valence-corrected chi connectivity index (χ4v) is 3.56. The Bertz CT molecular complexity index is 685. The molecule has 0 bridgehead atoms. The number of carbonyl (C=O) groups excluding carboxylic acids is 1. The van der Waals surface area contributed by atoms with E-state index in [9.17, 15) is 4.79 Å². The number of benzene rings is 1. The first-order valence-corrected chi connectivity index (χ1v) is 9.39. The lowest BCUT2D eigenvalue weighted by Gasteiger charge is -2.33. The first kappa shape index (κ1) is 18.9. The van der Waals surface area contributed by atoms with E-state index in [1.54, 1.807) is 0 Å². The van der Waals surface area contributed by atoms with Crippen LogP contribution in [0.25, 0.3) is 0 Å². The van der Waals surface area contributed by atoms with E-state index < -0.39 is 0 Å². The number of rotatable bonds is 7. The van der Waals surface area contributed by atoms with Crippen LogP contribution < -0.4 is 5.32 Å². The lowest BCUT2D eigenvalue weighted by molar-refractivity contribution is 0.0931. The van der Waals surface area contributed by atoms with E-state index in [2.05, 4.69) is 57.0 Å². The highest BCUT2D eigenvalue weighted by atomic mass is 127. The topological polar surface area (TPSA) is 58.4 Å². The smallest absolute Gasteiger partial charge is 0.273 e. The molecule has 0 radical (unpaired) electrons. The third kappa shape index (κ3) is 4.36. The molecule has 1 aromatic carbocycles. The van der Waals surface area contributed by atoms with Crippen molar-refractivity contribution in [3.05, 3.63) is 52.9 Å². The van der Waals surface area contributed by atoms with Crippen LogP contribution in [0.1, 0.15) is 34.3 Å². The molecule has 1 N–H and O–H groups in total. The van der Waals surface area contributed by atoms with Crippen molar-refractivity contribution in [1.29, 1.82) is 0 Å². The fraction of sp³-hybridized carbons (Fsp3) is 0.444. The highest BCUT2D eigenvalue weighted by Gasteiger charge is 2.29. The molecule has 1 heterocycles. The summed E-state index contributed by atoms with van der Waals surface area (Å²) in [5.74, 6) is 0.563. The molecule has 1 aromatic heterocycles. The van der Waals surface area contributed by atoms with Crippen LogP contribution in [0, 0.1) is 6.92 Å². The van der Waals surface area contributed by atoms with Crippen molar-refractivity contribution in [2.75, 3.05) is 27.2 Å². The summed E-state index contributed by atoms with van der Waals surface area (Å²) >= 11 is 2.20. The molecule has 0 aliphatic heterocycles. The highest BCUT2D eigenvalue weighted by Crippen LogP contribution is 2.24. The van der Waals surface area contributed by atoms with Gasteiger partial charge in [-0.05, 0) is 26.6 Å². The van der Waals surface area contributed by atoms with Crippen LogP contribution in [0.3, 0.4) is 0 Å². The number of hydrogen-bond donors (Lipinski definition) is 1. The summed E-state index contributed by atoms with van der Waals surface area (Å²) in [5, 5.41) is 6.95. The van der Waals surface area contributed by atoms with Gasteiger partial charge in [-0.2, -0.15) is 0 Å². The minimum Gasteiger partial charge on any atom is -0.359 e. The molecule has 0 saturated heterocycles. The Balaban J connectivity index is 2.15. The lowest BCUT2D eigenvalue weighted by Crippen LogP contribution is -2.45. The predicted octanol–water partition coefficient (Wildman–Crippen LogP) is 3.17. The Morgan fingerprint density at radius 2 is 2.00 bits per heavy atom. The number of nitrogens with zero attached hydrogens (tertiary/aromatic N) is 2. The van der Waals surface area contributed by atoms with Crippen LogP contribution in [-0.4, -0.2) is 43.1 Å². The fourth-order valence-electron chi connectivity index (χ4n) is 2.85. The highest BCUT2D eigenvalue weighted by molar-refractivity contribution is 14.1. The summed E-state index contributed by atoms with van der Waals surface area (Å²) in [6.07, 6.45) is 0. The summed E-state index contributed by atoms with van der Waals surface area (Å²) in [5.41, 5.74) is 2.20. The van der Waals surface area contributed by atoms with E-state index in [4.69, 9.17) is 4.52 Å². The predicted molar refractivity (Wildman–Crippen MR) is 104 cm³/mol. The molecule has 1 atom stereocenters. The van der Waals surface area contributed by atoms with Gasteiger partial charge in [-0.3, -0.25) is 4.79 Å². The largest absolute Gasteiger partial charge is 0.359 e. The Hall–Kier alpha value is -1.41. The molecule has 0 fully saturated rings. The molecule has 130 valence electrons. The number of halogens is 1. The van der Waals surface area contributed by atoms with Crippen molar-refractivity contribution >= 4 is 28.5 Å². The van der Waals surface area contributed by atoms with Gasteiger partial charge in [0.05, 0.1) is 4.43 Å². The molecule has 2 rings (SSSR count). The summed E-state index contributed by atoms with van der Waals surface area (Å²) in [6.45, 7) is 5.39. The lowest BCUT2D eigenvalue weighted by atomic mass is 9.82. The molecular weight excluding hydrogens is 417 g/mol. The Morgan fingerprint density at radius 3 is 2.54 bits per heavy atom. The number of likely N-dealkylation sites (N-methyl/N-ethyl adjacent to an activating group) is 1. The van der Waals surface area contributed by atoms with Crippen LogP contribution in [0.4, 0.5) is 0 Å². The number of alkyl halides is 1. The Kier molecular flexibility index (Phi) is 6.40. The summed E-state index contributed by atoms with van der Waals surface area (Å²) in [4.78, 5) is 14.6. The number of aromatic nitrogens is 1. The van der Waals surface area contributed by atoms with Crippen LogP contribution in [-0.2, 0) is 9.84 Å². The molecule has 0 aliphatic carbocycles. The Labute approximate surface area is 156 Å². The monoisotopic (exact) mass is 441 g/mol. The molecule has 6 heteroatoms. The number of carbonyl (C=O) groups is 1. The van der Waals surface area contributed by atoms with Gasteiger partial charge in [0.25, 0.3) is 5.91 Å². The second-order valence-electron chi connectivity index (χ2n) is 6.56. The van der Waals surface area contributed by atoms with Crippen LogP contribution >= 0.6 is 22.6 Å². The van der Waals surface area contributed by atoms with Crippen LogP contribution in [0.5, 0.6) is 0 Å². The maximum atomic E-state index is 12.5. The SMILES string of the molecule is Cc1c(C(=O)NCC(C)(CN(C)C)c2ccccc2)noc1CI. The van der Waals surface area contributed by atoms with Gasteiger partial charge < -0.3 is 14.7 Å². The van der Waals surface area contributed by atoms with E-state index in [0.29, 0.717) is 16.7 Å². The number of nitrogens with one attached hydrogen (secondary N) is 1. The molecular formula is C18H24IN3O2. The maximum Gasteiger partial charge on any atom is 0.273 e. The molecule has 0 aliphatic rings. The van der Waals surface area contributed by atoms with E-state index in [0.717, 1.165) is 17.9 Å². The summed E-state index contributed by atoms with van der Waals surface area (Å²) < 4.78 is 5.92. The minimum absolute atomic E-state index is 0.187. The average Bonchev–Trinajstić information content (AvgIpc) is 2.93. The quantitative estimate of drug-likeness (QED) is 0.530. The van der Waals surface area contributed by atoms with Crippen molar-refractivity contribution in [3.8, 4) is 0 Å². The van der Waals surface area contributed by atoms with Gasteiger partial charge in [0.1, 0.15) is 5.76 Å². The first-order chi connectivity index (χ1) is 11.4. The standard InChI is InChI=1S/C18H24IN3O2/c1-13-15(10-19)24-21-16(13)17(23)20-11-18(2,12-22(3)4)14-8-6-5-7-9-14/h5-9H,10-12H2,1-4H3,(H,20,23). The van der Waals surface area contributed by atoms with Gasteiger partial charge in [0, 0.05) is 24.1 Å². The third-order valence-electron chi connectivity index (χ3n) is 4.13. The van der Waals surface area contributed by atoms with Gasteiger partial charge in [-0.15, -0.1) is 0 Å². The summed E-state index contributed by atoms with van der Waals surface area (Å²) in [6, 6.07) is 10.3. The van der Waals surface area contributed by atoms with Crippen molar-refractivity contribution in [1.82, 2.24) is 15.4 Å². The zero-order chi connectivity index (χ0) is 17.7. The third-order valence-corrected chi connectivity index (χ3v) is 4.82. The van der Waals surface area contributed by atoms with Gasteiger partial charge in [0.2, 0.25) is 0 Å². The molecule has 24 heavy (non-hydrogen) atoms. The zero-order valence-corrected chi connectivity index (χ0v) is 16.8. The second kappa shape index (κ2) is 8.11. The van der Waals surface area contributed by atoms with E-state index >= 15 is 0 Å². The second-order valence-corrected chi connectivity index (χ2v) is 7.32. The van der Waals surface area contributed by atoms with Crippen molar-refractivity contribution in [2.45, 2.75) is 23.7 Å². The van der Waals surface area contributed by atoms with Gasteiger partial charge in [0.15, 0.2) is 5.69 Å². The number of hydrogen-bond acceptors (Lipinski definition) is 4.